The molecule has 1 aliphatic rings. The minimum atomic E-state index is -0.182. The van der Waals surface area contributed by atoms with E-state index in [2.05, 4.69) is 20.2 Å². The van der Waals surface area contributed by atoms with E-state index in [1.54, 1.807) is 12.3 Å². The first-order chi connectivity index (χ1) is 12.2. The Labute approximate surface area is 147 Å². The maximum atomic E-state index is 12.3. The molecule has 7 heteroatoms. The zero-order valence-electron chi connectivity index (χ0n) is 14.4. The van der Waals surface area contributed by atoms with Gasteiger partial charge in [0.1, 0.15) is 5.69 Å². The maximum Gasteiger partial charge on any atom is 0.270 e. The average molecular weight is 341 g/mol. The van der Waals surface area contributed by atoms with Crippen LogP contribution in [0.1, 0.15) is 10.5 Å². The molecule has 0 saturated carbocycles. The Kier molecular flexibility index (Phi) is 5.92. The SMILES string of the molecule is CN(c1ccccc1)c1nccc(C(=O)NCCN2CCOCC2)n1. The van der Waals surface area contributed by atoms with Crippen LogP contribution in [0, 0.1) is 0 Å². The number of carbonyl (C=O) groups is 1. The molecule has 1 aromatic heterocycles. The summed E-state index contributed by atoms with van der Waals surface area (Å²) >= 11 is 0. The van der Waals surface area contributed by atoms with Crippen LogP contribution in [0.3, 0.4) is 0 Å². The number of benzene rings is 1. The van der Waals surface area contributed by atoms with Crippen LogP contribution in [-0.4, -0.2) is 67.2 Å². The lowest BCUT2D eigenvalue weighted by Gasteiger charge is -2.26. The fourth-order valence-corrected chi connectivity index (χ4v) is 2.65. The van der Waals surface area contributed by atoms with E-state index in [-0.39, 0.29) is 5.91 Å². The molecule has 0 spiro atoms. The van der Waals surface area contributed by atoms with Crippen molar-refractivity contribution in [3.63, 3.8) is 0 Å². The summed E-state index contributed by atoms with van der Waals surface area (Å²) in [4.78, 5) is 25.1. The van der Waals surface area contributed by atoms with E-state index in [4.69, 9.17) is 4.74 Å². The van der Waals surface area contributed by atoms with E-state index in [1.165, 1.54) is 0 Å². The lowest BCUT2D eigenvalue weighted by atomic mass is 10.3. The fourth-order valence-electron chi connectivity index (χ4n) is 2.65. The van der Waals surface area contributed by atoms with Crippen molar-refractivity contribution in [3.8, 4) is 0 Å². The average Bonchev–Trinajstić information content (AvgIpc) is 2.69. The van der Waals surface area contributed by atoms with Crippen LogP contribution < -0.4 is 10.2 Å². The molecule has 1 N–H and O–H groups in total. The first kappa shape index (κ1) is 17.3. The Balaban J connectivity index is 1.57. The molecule has 2 aromatic rings. The monoisotopic (exact) mass is 341 g/mol. The third-order valence-corrected chi connectivity index (χ3v) is 4.14. The molecule has 3 rings (SSSR count). The van der Waals surface area contributed by atoms with Crippen LogP contribution in [0.15, 0.2) is 42.6 Å². The number of hydrogen-bond donors (Lipinski definition) is 1. The maximum absolute atomic E-state index is 12.3. The van der Waals surface area contributed by atoms with Gasteiger partial charge in [0.2, 0.25) is 5.95 Å². The van der Waals surface area contributed by atoms with E-state index >= 15 is 0 Å². The number of hydrogen-bond acceptors (Lipinski definition) is 6. The molecular weight excluding hydrogens is 318 g/mol. The molecule has 0 aliphatic carbocycles. The fraction of sp³-hybridized carbons (Fsp3) is 0.389. The molecule has 0 unspecified atom stereocenters. The van der Waals surface area contributed by atoms with E-state index in [9.17, 15) is 4.79 Å². The molecule has 1 aliphatic heterocycles. The normalized spacial score (nSPS) is 14.9. The Morgan fingerprint density at radius 2 is 2.00 bits per heavy atom. The number of rotatable bonds is 6. The highest BCUT2D eigenvalue weighted by molar-refractivity contribution is 5.92. The molecule has 132 valence electrons. The summed E-state index contributed by atoms with van der Waals surface area (Å²) < 4.78 is 5.32. The van der Waals surface area contributed by atoms with Gasteiger partial charge in [-0.2, -0.15) is 0 Å². The molecule has 7 nitrogen and oxygen atoms in total. The number of nitrogens with zero attached hydrogens (tertiary/aromatic N) is 4. The highest BCUT2D eigenvalue weighted by atomic mass is 16.5. The summed E-state index contributed by atoms with van der Waals surface area (Å²) in [5.74, 6) is 0.311. The van der Waals surface area contributed by atoms with Gasteiger partial charge in [-0.05, 0) is 18.2 Å². The third-order valence-electron chi connectivity index (χ3n) is 4.14. The topological polar surface area (TPSA) is 70.6 Å². The summed E-state index contributed by atoms with van der Waals surface area (Å²) in [6, 6.07) is 11.4. The van der Waals surface area contributed by atoms with Gasteiger partial charge in [-0.25, -0.2) is 9.97 Å². The number of anilines is 2. The molecule has 0 radical (unpaired) electrons. The lowest BCUT2D eigenvalue weighted by molar-refractivity contribution is 0.0383. The molecule has 2 heterocycles. The minimum Gasteiger partial charge on any atom is -0.379 e. The zero-order valence-corrected chi connectivity index (χ0v) is 14.4. The number of amides is 1. The summed E-state index contributed by atoms with van der Waals surface area (Å²) in [5.41, 5.74) is 1.34. The number of carbonyl (C=O) groups excluding carboxylic acids is 1. The number of ether oxygens (including phenoxy) is 1. The van der Waals surface area contributed by atoms with Crippen molar-refractivity contribution in [1.29, 1.82) is 0 Å². The van der Waals surface area contributed by atoms with Crippen molar-refractivity contribution in [2.24, 2.45) is 0 Å². The first-order valence-corrected chi connectivity index (χ1v) is 8.44. The second-order valence-corrected chi connectivity index (χ2v) is 5.85. The summed E-state index contributed by atoms with van der Waals surface area (Å²) in [6.07, 6.45) is 1.61. The molecular formula is C18H23N5O2. The van der Waals surface area contributed by atoms with E-state index < -0.39 is 0 Å². The number of aromatic nitrogens is 2. The summed E-state index contributed by atoms with van der Waals surface area (Å²) in [7, 11) is 1.88. The second-order valence-electron chi connectivity index (χ2n) is 5.85. The Morgan fingerprint density at radius 3 is 2.76 bits per heavy atom. The number of nitrogens with one attached hydrogen (secondary N) is 1. The van der Waals surface area contributed by atoms with Gasteiger partial charge in [0.15, 0.2) is 0 Å². The van der Waals surface area contributed by atoms with Gasteiger partial charge in [0.25, 0.3) is 5.91 Å². The van der Waals surface area contributed by atoms with Crippen molar-refractivity contribution < 1.29 is 9.53 Å². The van der Waals surface area contributed by atoms with Gasteiger partial charge in [-0.3, -0.25) is 9.69 Å². The van der Waals surface area contributed by atoms with Gasteiger partial charge in [0.05, 0.1) is 13.2 Å². The van der Waals surface area contributed by atoms with E-state index in [0.29, 0.717) is 18.2 Å². The molecule has 0 atom stereocenters. The van der Waals surface area contributed by atoms with Crippen LogP contribution in [0.25, 0.3) is 0 Å². The first-order valence-electron chi connectivity index (χ1n) is 8.44. The molecule has 25 heavy (non-hydrogen) atoms. The highest BCUT2D eigenvalue weighted by Gasteiger charge is 2.13. The molecule has 1 fully saturated rings. The van der Waals surface area contributed by atoms with Crippen LogP contribution in [0.4, 0.5) is 11.6 Å². The predicted octanol–water partition coefficient (Wildman–Crippen LogP) is 1.31. The zero-order chi connectivity index (χ0) is 17.5. The van der Waals surface area contributed by atoms with E-state index in [1.807, 2.05) is 42.3 Å². The van der Waals surface area contributed by atoms with Crippen LogP contribution >= 0.6 is 0 Å². The highest BCUT2D eigenvalue weighted by Crippen LogP contribution is 2.18. The quantitative estimate of drug-likeness (QED) is 0.854. The summed E-state index contributed by atoms with van der Waals surface area (Å²) in [6.45, 7) is 4.75. The Morgan fingerprint density at radius 1 is 1.24 bits per heavy atom. The lowest BCUT2D eigenvalue weighted by Crippen LogP contribution is -2.41. The van der Waals surface area contributed by atoms with Crippen molar-refractivity contribution in [3.05, 3.63) is 48.3 Å². The van der Waals surface area contributed by atoms with Gasteiger partial charge >= 0.3 is 0 Å². The number of para-hydroxylation sites is 1. The van der Waals surface area contributed by atoms with Crippen molar-refractivity contribution in [2.75, 3.05) is 51.3 Å². The van der Waals surface area contributed by atoms with Crippen molar-refractivity contribution >= 4 is 17.5 Å². The van der Waals surface area contributed by atoms with Crippen LogP contribution in [0.2, 0.25) is 0 Å². The van der Waals surface area contributed by atoms with E-state index in [0.717, 1.165) is 38.5 Å². The number of morpholine rings is 1. The second kappa shape index (κ2) is 8.55. The van der Waals surface area contributed by atoms with Crippen molar-refractivity contribution in [1.82, 2.24) is 20.2 Å². The smallest absolute Gasteiger partial charge is 0.270 e. The van der Waals surface area contributed by atoms with Crippen LogP contribution in [0.5, 0.6) is 0 Å². The predicted molar refractivity (Wildman–Crippen MR) is 96.1 cm³/mol. The van der Waals surface area contributed by atoms with Crippen LogP contribution in [-0.2, 0) is 4.74 Å². The largest absolute Gasteiger partial charge is 0.379 e. The molecule has 1 amide bonds. The Bertz CT molecular complexity index is 689. The molecule has 1 aromatic carbocycles. The van der Waals surface area contributed by atoms with Gasteiger partial charge in [-0.1, -0.05) is 18.2 Å². The van der Waals surface area contributed by atoms with Gasteiger partial charge in [-0.15, -0.1) is 0 Å². The molecule has 0 bridgehead atoms. The molecule has 1 saturated heterocycles. The minimum absolute atomic E-state index is 0.182. The van der Waals surface area contributed by atoms with Gasteiger partial charge in [0, 0.05) is 45.1 Å². The van der Waals surface area contributed by atoms with Gasteiger partial charge < -0.3 is 15.0 Å². The van der Waals surface area contributed by atoms with Crippen molar-refractivity contribution in [2.45, 2.75) is 0 Å². The summed E-state index contributed by atoms with van der Waals surface area (Å²) in [5, 5.41) is 2.92. The third kappa shape index (κ3) is 4.74. The Hall–Kier alpha value is -2.51. The standard InChI is InChI=1S/C18H23N5O2/c1-22(15-5-3-2-4-6-15)18-20-8-7-16(21-18)17(24)19-9-10-23-11-13-25-14-12-23/h2-8H,9-14H2,1H3,(H,19,24).